The fourth-order valence-electron chi connectivity index (χ4n) is 3.38. The van der Waals surface area contributed by atoms with Gasteiger partial charge in [0.25, 0.3) is 0 Å². The Kier molecular flexibility index (Phi) is 5.28. The van der Waals surface area contributed by atoms with Gasteiger partial charge in [-0.15, -0.1) is 0 Å². The quantitative estimate of drug-likeness (QED) is 0.902. The molecule has 0 heterocycles. The van der Waals surface area contributed by atoms with Crippen molar-refractivity contribution in [3.8, 4) is 5.75 Å². The predicted molar refractivity (Wildman–Crippen MR) is 86.7 cm³/mol. The summed E-state index contributed by atoms with van der Waals surface area (Å²) in [4.78, 5) is 2.46. The molecule has 0 saturated carbocycles. The molecule has 118 valence electrons. The summed E-state index contributed by atoms with van der Waals surface area (Å²) in [6.45, 7) is 9.95. The van der Waals surface area contributed by atoms with Crippen molar-refractivity contribution >= 4 is 0 Å². The number of fused-ring (bicyclic) bond motifs is 1. The van der Waals surface area contributed by atoms with Crippen molar-refractivity contribution in [2.75, 3.05) is 13.7 Å². The average Bonchev–Trinajstić information content (AvgIpc) is 2.45. The summed E-state index contributed by atoms with van der Waals surface area (Å²) in [5.41, 5.74) is 2.30. The molecule has 0 amide bonds. The Labute approximate surface area is 128 Å². The maximum absolute atomic E-state index is 10.8. The maximum Gasteiger partial charge on any atom is 0.119 e. The lowest BCUT2D eigenvalue weighted by atomic mass is 9.84. The molecule has 0 aromatic heterocycles. The van der Waals surface area contributed by atoms with Crippen molar-refractivity contribution in [3.05, 3.63) is 29.3 Å². The Bertz CT molecular complexity index is 470. The van der Waals surface area contributed by atoms with Gasteiger partial charge in [0.2, 0.25) is 0 Å². The number of methoxy groups -OCH3 is 1. The third-order valence-corrected chi connectivity index (χ3v) is 4.41. The first kappa shape index (κ1) is 16.3. The van der Waals surface area contributed by atoms with Crippen molar-refractivity contribution in [3.63, 3.8) is 0 Å². The van der Waals surface area contributed by atoms with Gasteiger partial charge in [0.05, 0.1) is 13.2 Å². The van der Waals surface area contributed by atoms with E-state index in [2.05, 4.69) is 38.7 Å². The normalized spacial score (nSPS) is 22.0. The molecule has 1 aromatic carbocycles. The van der Waals surface area contributed by atoms with Crippen LogP contribution in [-0.2, 0) is 6.42 Å². The van der Waals surface area contributed by atoms with Crippen molar-refractivity contribution < 1.29 is 9.84 Å². The van der Waals surface area contributed by atoms with Gasteiger partial charge >= 0.3 is 0 Å². The van der Waals surface area contributed by atoms with Gasteiger partial charge in [-0.1, -0.05) is 19.9 Å². The van der Waals surface area contributed by atoms with Crippen LogP contribution in [0.2, 0.25) is 0 Å². The molecule has 2 unspecified atom stereocenters. The number of aliphatic hydroxyl groups is 1. The van der Waals surface area contributed by atoms with Gasteiger partial charge in [-0.3, -0.25) is 4.90 Å². The molecule has 21 heavy (non-hydrogen) atoms. The predicted octanol–water partition coefficient (Wildman–Crippen LogP) is 3.41. The first-order valence-corrected chi connectivity index (χ1v) is 8.04. The Balaban J connectivity index is 2.24. The zero-order valence-electron chi connectivity index (χ0n) is 14.0. The van der Waals surface area contributed by atoms with Crippen molar-refractivity contribution in [1.82, 2.24) is 4.90 Å². The Morgan fingerprint density at radius 3 is 2.57 bits per heavy atom. The zero-order valence-corrected chi connectivity index (χ0v) is 14.0. The largest absolute Gasteiger partial charge is 0.497 e. The van der Waals surface area contributed by atoms with E-state index in [1.807, 2.05) is 12.1 Å². The van der Waals surface area contributed by atoms with E-state index in [1.54, 1.807) is 7.11 Å². The molecule has 0 saturated heterocycles. The Hall–Kier alpha value is -1.06. The van der Waals surface area contributed by atoms with E-state index in [9.17, 15) is 5.11 Å². The van der Waals surface area contributed by atoms with E-state index < -0.39 is 6.10 Å². The fourth-order valence-corrected chi connectivity index (χ4v) is 3.38. The number of aryl methyl sites for hydroxylation is 1. The topological polar surface area (TPSA) is 32.7 Å². The first-order chi connectivity index (χ1) is 9.93. The number of rotatable bonds is 5. The van der Waals surface area contributed by atoms with Crippen molar-refractivity contribution in [2.45, 2.75) is 58.7 Å². The Morgan fingerprint density at radius 2 is 2.00 bits per heavy atom. The number of aliphatic hydroxyl groups excluding tert-OH is 1. The molecule has 0 bridgehead atoms. The van der Waals surface area contributed by atoms with Crippen LogP contribution in [0.4, 0.5) is 0 Å². The highest BCUT2D eigenvalue weighted by atomic mass is 16.5. The summed E-state index contributed by atoms with van der Waals surface area (Å²) in [5, 5.41) is 10.8. The molecule has 2 rings (SSSR count). The monoisotopic (exact) mass is 291 g/mol. The lowest BCUT2D eigenvalue weighted by molar-refractivity contribution is 0.0129. The molecule has 1 aliphatic rings. The highest BCUT2D eigenvalue weighted by molar-refractivity contribution is 5.39. The highest BCUT2D eigenvalue weighted by Crippen LogP contribution is 2.35. The second kappa shape index (κ2) is 6.80. The Morgan fingerprint density at radius 1 is 1.29 bits per heavy atom. The van der Waals surface area contributed by atoms with E-state index in [0.29, 0.717) is 12.0 Å². The minimum absolute atomic E-state index is 0.216. The van der Waals surface area contributed by atoms with Crippen LogP contribution in [0, 0.1) is 5.92 Å². The van der Waals surface area contributed by atoms with Crippen LogP contribution in [0.5, 0.6) is 5.75 Å². The fraction of sp³-hybridized carbons (Fsp3) is 0.667. The molecular formula is C18H29NO2. The second-order valence-corrected chi connectivity index (χ2v) is 6.80. The van der Waals surface area contributed by atoms with Gasteiger partial charge < -0.3 is 9.84 Å². The van der Waals surface area contributed by atoms with Gasteiger partial charge in [0, 0.05) is 18.6 Å². The number of hydrogen-bond donors (Lipinski definition) is 1. The standard InChI is InChI=1S/C18H29NO2/c1-12(2)11-19(13(3)4)17-9-6-14-10-15(21-5)7-8-16(14)18(17)20/h7-8,10,12-13,17-18,20H,6,9,11H2,1-5H3. The van der Waals surface area contributed by atoms with Gasteiger partial charge in [-0.05, 0) is 55.9 Å². The lowest BCUT2D eigenvalue weighted by Crippen LogP contribution is -2.47. The summed E-state index contributed by atoms with van der Waals surface area (Å²) in [6.07, 6.45) is 1.61. The second-order valence-electron chi connectivity index (χ2n) is 6.80. The summed E-state index contributed by atoms with van der Waals surface area (Å²) in [6, 6.07) is 6.71. The molecule has 1 aromatic rings. The highest BCUT2D eigenvalue weighted by Gasteiger charge is 2.33. The van der Waals surface area contributed by atoms with Crippen LogP contribution in [0.1, 0.15) is 51.3 Å². The van der Waals surface area contributed by atoms with E-state index in [0.717, 1.165) is 30.7 Å². The molecule has 2 atom stereocenters. The smallest absolute Gasteiger partial charge is 0.119 e. The minimum atomic E-state index is -0.402. The summed E-state index contributed by atoms with van der Waals surface area (Å²) in [5.74, 6) is 1.49. The van der Waals surface area contributed by atoms with Crippen LogP contribution in [0.15, 0.2) is 18.2 Å². The van der Waals surface area contributed by atoms with Gasteiger partial charge in [-0.25, -0.2) is 0 Å². The molecule has 0 radical (unpaired) electrons. The maximum atomic E-state index is 10.8. The van der Waals surface area contributed by atoms with E-state index in [4.69, 9.17) is 4.74 Å². The molecule has 1 N–H and O–H groups in total. The molecule has 1 aliphatic carbocycles. The van der Waals surface area contributed by atoms with Crippen LogP contribution in [-0.4, -0.2) is 35.7 Å². The molecule has 0 spiro atoms. The third-order valence-electron chi connectivity index (χ3n) is 4.41. The van der Waals surface area contributed by atoms with E-state index >= 15 is 0 Å². The molecular weight excluding hydrogens is 262 g/mol. The number of benzene rings is 1. The number of hydrogen-bond acceptors (Lipinski definition) is 3. The third kappa shape index (κ3) is 3.58. The number of ether oxygens (including phenoxy) is 1. The number of nitrogens with zero attached hydrogens (tertiary/aromatic N) is 1. The van der Waals surface area contributed by atoms with Crippen LogP contribution >= 0.6 is 0 Å². The SMILES string of the molecule is COc1ccc2c(c1)CCC(N(CC(C)C)C(C)C)C2O. The summed E-state index contributed by atoms with van der Waals surface area (Å²) in [7, 11) is 1.69. The van der Waals surface area contributed by atoms with Crippen molar-refractivity contribution in [2.24, 2.45) is 5.92 Å². The summed E-state index contributed by atoms with van der Waals surface area (Å²) < 4.78 is 5.29. The minimum Gasteiger partial charge on any atom is -0.497 e. The van der Waals surface area contributed by atoms with Gasteiger partial charge in [0.15, 0.2) is 0 Å². The molecule has 3 heteroatoms. The van der Waals surface area contributed by atoms with E-state index in [-0.39, 0.29) is 6.04 Å². The van der Waals surface area contributed by atoms with E-state index in [1.165, 1.54) is 5.56 Å². The van der Waals surface area contributed by atoms with Gasteiger partial charge in [-0.2, -0.15) is 0 Å². The zero-order chi connectivity index (χ0) is 15.6. The van der Waals surface area contributed by atoms with Crippen LogP contribution in [0.3, 0.4) is 0 Å². The van der Waals surface area contributed by atoms with Crippen LogP contribution < -0.4 is 4.74 Å². The average molecular weight is 291 g/mol. The first-order valence-electron chi connectivity index (χ1n) is 8.04. The molecule has 0 aliphatic heterocycles. The lowest BCUT2D eigenvalue weighted by Gasteiger charge is -2.41. The van der Waals surface area contributed by atoms with Gasteiger partial charge in [0.1, 0.15) is 5.75 Å². The summed E-state index contributed by atoms with van der Waals surface area (Å²) >= 11 is 0. The van der Waals surface area contributed by atoms with Crippen molar-refractivity contribution in [1.29, 1.82) is 0 Å². The molecule has 3 nitrogen and oxygen atoms in total. The molecule has 0 fully saturated rings. The van der Waals surface area contributed by atoms with Crippen LogP contribution in [0.25, 0.3) is 0 Å².